The third-order valence-corrected chi connectivity index (χ3v) is 6.03. The van der Waals surface area contributed by atoms with E-state index in [9.17, 15) is 22.4 Å². The summed E-state index contributed by atoms with van der Waals surface area (Å²) >= 11 is 0. The minimum atomic E-state index is -3.53. The SMILES string of the molecule is CC(C)COc1cc(S(=O)(=O)CCCC/C=C/CN2CC(=O)NC2=O)ccc1F. The maximum atomic E-state index is 13.8. The fraction of sp³-hybridized carbons (Fsp3) is 0.500. The monoisotopic (exact) mass is 426 g/mol. The summed E-state index contributed by atoms with van der Waals surface area (Å²) in [5.41, 5.74) is 0. The number of hydrogen-bond donors (Lipinski definition) is 1. The van der Waals surface area contributed by atoms with Gasteiger partial charge in [0.05, 0.1) is 17.3 Å². The molecule has 7 nitrogen and oxygen atoms in total. The fourth-order valence-electron chi connectivity index (χ4n) is 2.67. The second kappa shape index (κ2) is 10.4. The summed E-state index contributed by atoms with van der Waals surface area (Å²) in [4.78, 5) is 23.9. The number of ether oxygens (including phenoxy) is 1. The number of halogens is 1. The Morgan fingerprint density at radius 3 is 2.66 bits per heavy atom. The topological polar surface area (TPSA) is 92.8 Å². The van der Waals surface area contributed by atoms with Crippen LogP contribution in [0.2, 0.25) is 0 Å². The highest BCUT2D eigenvalue weighted by Gasteiger charge is 2.25. The average Bonchev–Trinajstić information content (AvgIpc) is 2.97. The largest absolute Gasteiger partial charge is 0.490 e. The number of imide groups is 1. The standard InChI is InChI=1S/C20H27FN2O5S/c1-15(2)14-28-18-12-16(8-9-17(18)21)29(26,27)11-7-5-3-4-6-10-23-13-19(24)22-20(23)25/h4,6,8-9,12,15H,3,5,7,10-11,13-14H2,1-2H3,(H,22,24,25)/b6-4+. The molecular weight excluding hydrogens is 399 g/mol. The predicted molar refractivity (Wildman–Crippen MR) is 107 cm³/mol. The number of carbonyl (C=O) groups is 2. The molecule has 1 aliphatic rings. The van der Waals surface area contributed by atoms with Gasteiger partial charge in [0, 0.05) is 12.6 Å². The number of unbranched alkanes of at least 4 members (excludes halogenated alkanes) is 2. The van der Waals surface area contributed by atoms with Gasteiger partial charge in [-0.15, -0.1) is 0 Å². The number of nitrogens with one attached hydrogen (secondary N) is 1. The van der Waals surface area contributed by atoms with Gasteiger partial charge in [0.1, 0.15) is 6.54 Å². The summed E-state index contributed by atoms with van der Waals surface area (Å²) in [6, 6.07) is 3.22. The highest BCUT2D eigenvalue weighted by Crippen LogP contribution is 2.23. The molecule has 0 aromatic heterocycles. The molecule has 1 aromatic carbocycles. The third kappa shape index (κ3) is 7.16. The Morgan fingerprint density at radius 1 is 1.24 bits per heavy atom. The normalized spacial score (nSPS) is 14.8. The van der Waals surface area contributed by atoms with Crippen molar-refractivity contribution >= 4 is 21.8 Å². The van der Waals surface area contributed by atoms with Crippen LogP contribution in [-0.4, -0.2) is 50.7 Å². The van der Waals surface area contributed by atoms with Crippen molar-refractivity contribution in [1.82, 2.24) is 10.2 Å². The first-order valence-electron chi connectivity index (χ1n) is 9.58. The van der Waals surface area contributed by atoms with Gasteiger partial charge in [-0.25, -0.2) is 17.6 Å². The van der Waals surface area contributed by atoms with Gasteiger partial charge in [-0.05, 0) is 37.3 Å². The minimum Gasteiger partial charge on any atom is -0.490 e. The molecule has 3 amide bonds. The number of sulfone groups is 1. The summed E-state index contributed by atoms with van der Waals surface area (Å²) in [7, 11) is -3.53. The van der Waals surface area contributed by atoms with Crippen molar-refractivity contribution in [2.45, 2.75) is 38.0 Å². The van der Waals surface area contributed by atoms with Gasteiger partial charge in [-0.2, -0.15) is 0 Å². The lowest BCUT2D eigenvalue weighted by atomic mass is 10.2. The van der Waals surface area contributed by atoms with Gasteiger partial charge in [0.25, 0.3) is 0 Å². The van der Waals surface area contributed by atoms with E-state index in [1.807, 2.05) is 19.9 Å². The zero-order valence-corrected chi connectivity index (χ0v) is 17.5. The summed E-state index contributed by atoms with van der Waals surface area (Å²) in [5.74, 6) is -0.787. The van der Waals surface area contributed by atoms with Crippen LogP contribution in [0.1, 0.15) is 33.1 Å². The maximum absolute atomic E-state index is 13.8. The van der Waals surface area contributed by atoms with E-state index < -0.39 is 21.7 Å². The molecule has 160 valence electrons. The molecule has 0 saturated carbocycles. The number of urea groups is 1. The van der Waals surface area contributed by atoms with Crippen LogP contribution >= 0.6 is 0 Å². The van der Waals surface area contributed by atoms with Crippen molar-refractivity contribution in [3.05, 3.63) is 36.2 Å². The van der Waals surface area contributed by atoms with Crippen molar-refractivity contribution in [3.8, 4) is 5.75 Å². The van der Waals surface area contributed by atoms with E-state index in [1.165, 1.54) is 17.0 Å². The number of rotatable bonds is 11. The summed E-state index contributed by atoms with van der Waals surface area (Å²) in [6.45, 7) is 4.55. The lowest BCUT2D eigenvalue weighted by Crippen LogP contribution is -2.28. The number of amides is 3. The van der Waals surface area contributed by atoms with Gasteiger partial charge in [-0.1, -0.05) is 26.0 Å². The zero-order chi connectivity index (χ0) is 21.4. The summed E-state index contributed by atoms with van der Waals surface area (Å²) < 4.78 is 44.1. The Hall–Kier alpha value is -2.42. The third-order valence-electron chi connectivity index (χ3n) is 4.23. The molecule has 0 bridgehead atoms. The molecule has 1 heterocycles. The molecule has 1 fully saturated rings. The van der Waals surface area contributed by atoms with Crippen LogP contribution in [0, 0.1) is 11.7 Å². The number of carbonyl (C=O) groups excluding carboxylic acids is 2. The van der Waals surface area contributed by atoms with Crippen molar-refractivity contribution in [1.29, 1.82) is 0 Å². The van der Waals surface area contributed by atoms with Gasteiger partial charge < -0.3 is 9.64 Å². The van der Waals surface area contributed by atoms with E-state index in [0.29, 0.717) is 32.4 Å². The van der Waals surface area contributed by atoms with Crippen LogP contribution in [0.4, 0.5) is 9.18 Å². The highest BCUT2D eigenvalue weighted by atomic mass is 32.2. The number of hydrogen-bond acceptors (Lipinski definition) is 5. The van der Waals surface area contributed by atoms with E-state index in [1.54, 1.807) is 6.08 Å². The second-order valence-electron chi connectivity index (χ2n) is 7.32. The molecule has 1 aliphatic heterocycles. The van der Waals surface area contributed by atoms with Crippen LogP contribution < -0.4 is 10.1 Å². The van der Waals surface area contributed by atoms with Crippen LogP contribution in [-0.2, 0) is 14.6 Å². The van der Waals surface area contributed by atoms with Crippen LogP contribution in [0.25, 0.3) is 0 Å². The Balaban J connectivity index is 1.78. The van der Waals surface area contributed by atoms with Crippen LogP contribution in [0.15, 0.2) is 35.2 Å². The average molecular weight is 427 g/mol. The van der Waals surface area contributed by atoms with E-state index in [4.69, 9.17) is 4.74 Å². The summed E-state index contributed by atoms with van der Waals surface area (Å²) in [6.07, 6.45) is 5.40. The summed E-state index contributed by atoms with van der Waals surface area (Å²) in [5, 5.41) is 2.20. The van der Waals surface area contributed by atoms with Crippen molar-refractivity contribution in [2.75, 3.05) is 25.4 Å². The van der Waals surface area contributed by atoms with Crippen LogP contribution in [0.3, 0.4) is 0 Å². The Labute approximate surface area is 170 Å². The van der Waals surface area contributed by atoms with Gasteiger partial charge >= 0.3 is 6.03 Å². The molecule has 9 heteroatoms. The molecule has 1 N–H and O–H groups in total. The van der Waals surface area contributed by atoms with E-state index in [-0.39, 0.29) is 34.8 Å². The first kappa shape index (κ1) is 22.9. The molecule has 1 aromatic rings. The van der Waals surface area contributed by atoms with E-state index >= 15 is 0 Å². The fourth-order valence-corrected chi connectivity index (χ4v) is 4.05. The van der Waals surface area contributed by atoms with Gasteiger partial charge in [0.2, 0.25) is 5.91 Å². The smallest absolute Gasteiger partial charge is 0.324 e. The van der Waals surface area contributed by atoms with E-state index in [2.05, 4.69) is 5.32 Å². The number of benzene rings is 1. The maximum Gasteiger partial charge on any atom is 0.324 e. The van der Waals surface area contributed by atoms with Gasteiger partial charge in [0.15, 0.2) is 21.4 Å². The molecule has 0 atom stereocenters. The number of allylic oxidation sites excluding steroid dienone is 1. The molecule has 0 unspecified atom stereocenters. The molecule has 0 spiro atoms. The quantitative estimate of drug-likeness (QED) is 0.254. The first-order valence-corrected chi connectivity index (χ1v) is 11.2. The Bertz CT molecular complexity index is 868. The first-order chi connectivity index (χ1) is 13.7. The molecule has 2 rings (SSSR count). The Kier molecular flexibility index (Phi) is 8.19. The van der Waals surface area contributed by atoms with Crippen molar-refractivity contribution in [3.63, 3.8) is 0 Å². The lowest BCUT2D eigenvalue weighted by molar-refractivity contribution is -0.118. The van der Waals surface area contributed by atoms with Crippen LogP contribution in [0.5, 0.6) is 5.75 Å². The molecular formula is C20H27FN2O5S. The predicted octanol–water partition coefficient (Wildman–Crippen LogP) is 2.91. The molecule has 0 aliphatic carbocycles. The van der Waals surface area contributed by atoms with E-state index in [0.717, 1.165) is 6.07 Å². The Morgan fingerprint density at radius 2 is 2.00 bits per heavy atom. The highest BCUT2D eigenvalue weighted by molar-refractivity contribution is 7.91. The van der Waals surface area contributed by atoms with Crippen molar-refractivity contribution < 1.29 is 27.1 Å². The molecule has 0 radical (unpaired) electrons. The second-order valence-corrected chi connectivity index (χ2v) is 9.43. The zero-order valence-electron chi connectivity index (χ0n) is 16.7. The van der Waals surface area contributed by atoms with Gasteiger partial charge in [-0.3, -0.25) is 10.1 Å². The van der Waals surface area contributed by atoms with Crippen molar-refractivity contribution in [2.24, 2.45) is 5.92 Å². The minimum absolute atomic E-state index is 0.0425. The lowest BCUT2D eigenvalue weighted by Gasteiger charge is -2.11. The number of nitrogens with zero attached hydrogens (tertiary/aromatic N) is 1. The molecule has 1 saturated heterocycles. The molecule has 29 heavy (non-hydrogen) atoms.